The number of carbonyl (C=O) groups excluding carboxylic acids is 1. The molecule has 1 aromatic heterocycles. The van der Waals surface area contributed by atoms with Crippen molar-refractivity contribution in [1.82, 2.24) is 14.9 Å². The van der Waals surface area contributed by atoms with E-state index in [1.807, 2.05) is 13.1 Å². The van der Waals surface area contributed by atoms with E-state index in [9.17, 15) is 4.79 Å². The number of nitrogens with zero attached hydrogens (tertiary/aromatic N) is 2. The van der Waals surface area contributed by atoms with Gasteiger partial charge in [-0.2, -0.15) is 0 Å². The molecule has 0 bridgehead atoms. The zero-order valence-electron chi connectivity index (χ0n) is 8.08. The van der Waals surface area contributed by atoms with Crippen molar-refractivity contribution in [1.29, 1.82) is 0 Å². The third-order valence-corrected chi connectivity index (χ3v) is 1.87. The third-order valence-electron chi connectivity index (χ3n) is 1.87. The van der Waals surface area contributed by atoms with E-state index in [0.717, 1.165) is 25.3 Å². The predicted octanol–water partition coefficient (Wildman–Crippen LogP) is 0.718. The maximum Gasteiger partial charge on any atom is 0.216 e. The highest BCUT2D eigenvalue weighted by molar-refractivity contribution is 5.72. The van der Waals surface area contributed by atoms with Crippen LogP contribution in [0.3, 0.4) is 0 Å². The van der Waals surface area contributed by atoms with Gasteiger partial charge in [-0.1, -0.05) is 0 Å². The van der Waals surface area contributed by atoms with Crippen molar-refractivity contribution in [3.63, 3.8) is 0 Å². The molecule has 0 spiro atoms. The molecule has 0 saturated carbocycles. The first kappa shape index (κ1) is 9.77. The Morgan fingerprint density at radius 1 is 1.69 bits per heavy atom. The molecule has 0 unspecified atom stereocenters. The van der Waals surface area contributed by atoms with Gasteiger partial charge in [-0.25, -0.2) is 4.98 Å². The van der Waals surface area contributed by atoms with E-state index in [4.69, 9.17) is 0 Å². The summed E-state index contributed by atoms with van der Waals surface area (Å²) >= 11 is 0. The van der Waals surface area contributed by atoms with E-state index in [-0.39, 0.29) is 5.91 Å². The van der Waals surface area contributed by atoms with Crippen molar-refractivity contribution in [3.8, 4) is 0 Å². The summed E-state index contributed by atoms with van der Waals surface area (Å²) in [6, 6.07) is 0. The van der Waals surface area contributed by atoms with E-state index >= 15 is 0 Å². The van der Waals surface area contributed by atoms with E-state index in [0.29, 0.717) is 0 Å². The Morgan fingerprint density at radius 2 is 2.46 bits per heavy atom. The smallest absolute Gasteiger partial charge is 0.216 e. The largest absolute Gasteiger partial charge is 0.356 e. The number of rotatable bonds is 4. The highest BCUT2D eigenvalue weighted by Gasteiger charge is 1.96. The first-order valence-corrected chi connectivity index (χ1v) is 4.42. The van der Waals surface area contributed by atoms with Gasteiger partial charge in [0.05, 0.1) is 0 Å². The van der Waals surface area contributed by atoms with Crippen LogP contribution in [0.5, 0.6) is 0 Å². The Labute approximate surface area is 78.0 Å². The van der Waals surface area contributed by atoms with Crippen molar-refractivity contribution >= 4 is 5.91 Å². The first-order chi connectivity index (χ1) is 6.20. The lowest BCUT2D eigenvalue weighted by atomic mass is 10.4. The van der Waals surface area contributed by atoms with Crippen LogP contribution in [0.4, 0.5) is 0 Å². The molecule has 4 nitrogen and oxygen atoms in total. The second-order valence-electron chi connectivity index (χ2n) is 3.00. The minimum absolute atomic E-state index is 0.0300. The molecule has 0 aliphatic carbocycles. The van der Waals surface area contributed by atoms with Crippen molar-refractivity contribution < 1.29 is 4.79 Å². The zero-order valence-corrected chi connectivity index (χ0v) is 8.08. The third kappa shape index (κ3) is 3.27. The van der Waals surface area contributed by atoms with Crippen LogP contribution >= 0.6 is 0 Å². The van der Waals surface area contributed by atoms with Gasteiger partial charge in [-0.05, 0) is 13.3 Å². The highest BCUT2D eigenvalue weighted by atomic mass is 16.1. The molecule has 1 N–H and O–H groups in total. The molecule has 0 aliphatic heterocycles. The van der Waals surface area contributed by atoms with E-state index < -0.39 is 0 Å². The maximum absolute atomic E-state index is 10.5. The lowest BCUT2D eigenvalue weighted by Gasteiger charge is -2.04. The highest BCUT2D eigenvalue weighted by Crippen LogP contribution is 1.96. The summed E-state index contributed by atoms with van der Waals surface area (Å²) in [7, 11) is 0. The summed E-state index contributed by atoms with van der Waals surface area (Å²) in [6.45, 7) is 5.14. The molecule has 1 heterocycles. The van der Waals surface area contributed by atoms with Gasteiger partial charge in [0.2, 0.25) is 5.91 Å². The van der Waals surface area contributed by atoms with Gasteiger partial charge in [0.1, 0.15) is 5.82 Å². The van der Waals surface area contributed by atoms with Gasteiger partial charge in [-0.3, -0.25) is 4.79 Å². The van der Waals surface area contributed by atoms with E-state index in [2.05, 4.69) is 14.9 Å². The molecule has 72 valence electrons. The van der Waals surface area contributed by atoms with Crippen molar-refractivity contribution in [2.75, 3.05) is 6.54 Å². The molecule has 0 fully saturated rings. The molecule has 1 aromatic rings. The fourth-order valence-corrected chi connectivity index (χ4v) is 1.15. The molecule has 0 aliphatic rings. The summed E-state index contributed by atoms with van der Waals surface area (Å²) < 4.78 is 2.07. The minimum atomic E-state index is 0.0300. The Morgan fingerprint density at radius 3 is 3.00 bits per heavy atom. The fraction of sp³-hybridized carbons (Fsp3) is 0.556. The number of hydrogen-bond acceptors (Lipinski definition) is 2. The van der Waals surface area contributed by atoms with Gasteiger partial charge in [0, 0.05) is 32.4 Å². The predicted molar refractivity (Wildman–Crippen MR) is 50.3 cm³/mol. The Kier molecular flexibility index (Phi) is 3.49. The van der Waals surface area contributed by atoms with Crippen LogP contribution in [0, 0.1) is 6.92 Å². The topological polar surface area (TPSA) is 46.9 Å². The molecular weight excluding hydrogens is 166 g/mol. The van der Waals surface area contributed by atoms with Gasteiger partial charge in [0.25, 0.3) is 0 Å². The van der Waals surface area contributed by atoms with Crippen LogP contribution in [-0.2, 0) is 11.3 Å². The molecule has 0 radical (unpaired) electrons. The van der Waals surface area contributed by atoms with Crippen LogP contribution < -0.4 is 5.32 Å². The quantitative estimate of drug-likeness (QED) is 0.696. The van der Waals surface area contributed by atoms with E-state index in [1.54, 1.807) is 6.20 Å². The summed E-state index contributed by atoms with van der Waals surface area (Å²) in [4.78, 5) is 14.6. The molecular formula is C9H15N3O. The number of nitrogens with one attached hydrogen (secondary N) is 1. The van der Waals surface area contributed by atoms with Crippen molar-refractivity contribution in [2.24, 2.45) is 0 Å². The van der Waals surface area contributed by atoms with E-state index in [1.165, 1.54) is 6.92 Å². The number of carbonyl (C=O) groups is 1. The van der Waals surface area contributed by atoms with Crippen molar-refractivity contribution in [3.05, 3.63) is 18.2 Å². The van der Waals surface area contributed by atoms with Gasteiger partial charge in [-0.15, -0.1) is 0 Å². The van der Waals surface area contributed by atoms with Crippen LogP contribution in [0.15, 0.2) is 12.4 Å². The van der Waals surface area contributed by atoms with Gasteiger partial charge >= 0.3 is 0 Å². The number of aromatic nitrogens is 2. The molecule has 1 amide bonds. The molecule has 1 rings (SSSR count). The Bertz CT molecular complexity index is 280. The fourth-order valence-electron chi connectivity index (χ4n) is 1.15. The molecule has 0 aromatic carbocycles. The van der Waals surface area contributed by atoms with Gasteiger partial charge < -0.3 is 9.88 Å². The SMILES string of the molecule is CC(=O)NCCCn1ccnc1C. The second kappa shape index (κ2) is 4.64. The average molecular weight is 181 g/mol. The van der Waals surface area contributed by atoms with Crippen LogP contribution in [0.25, 0.3) is 0 Å². The lowest BCUT2D eigenvalue weighted by Crippen LogP contribution is -2.22. The monoisotopic (exact) mass is 181 g/mol. The molecule has 0 saturated heterocycles. The summed E-state index contributed by atoms with van der Waals surface area (Å²) in [5.41, 5.74) is 0. The summed E-state index contributed by atoms with van der Waals surface area (Å²) in [6.07, 6.45) is 4.67. The zero-order chi connectivity index (χ0) is 9.68. The molecule has 4 heteroatoms. The number of hydrogen-bond donors (Lipinski definition) is 1. The minimum Gasteiger partial charge on any atom is -0.356 e. The normalized spacial score (nSPS) is 10.0. The van der Waals surface area contributed by atoms with Crippen LogP contribution in [-0.4, -0.2) is 22.0 Å². The Hall–Kier alpha value is -1.32. The Balaban J connectivity index is 2.20. The standard InChI is InChI=1S/C9H15N3O/c1-8-10-5-7-12(8)6-3-4-11-9(2)13/h5,7H,3-4,6H2,1-2H3,(H,11,13). The molecule has 0 atom stereocenters. The van der Waals surface area contributed by atoms with Crippen molar-refractivity contribution in [2.45, 2.75) is 26.8 Å². The van der Waals surface area contributed by atoms with Gasteiger partial charge in [0.15, 0.2) is 0 Å². The number of amides is 1. The van der Waals surface area contributed by atoms with Crippen LogP contribution in [0.2, 0.25) is 0 Å². The maximum atomic E-state index is 10.5. The number of imidazole rings is 1. The summed E-state index contributed by atoms with van der Waals surface area (Å²) in [5.74, 6) is 1.05. The van der Waals surface area contributed by atoms with Crippen LogP contribution in [0.1, 0.15) is 19.2 Å². The number of aryl methyl sites for hydroxylation is 2. The molecule has 13 heavy (non-hydrogen) atoms. The lowest BCUT2D eigenvalue weighted by molar-refractivity contribution is -0.118. The second-order valence-corrected chi connectivity index (χ2v) is 3.00. The first-order valence-electron chi connectivity index (χ1n) is 4.42. The average Bonchev–Trinajstić information content (AvgIpc) is 2.45. The summed E-state index contributed by atoms with van der Waals surface area (Å²) in [5, 5.41) is 2.75.